The van der Waals surface area contributed by atoms with Gasteiger partial charge in [0.2, 0.25) is 5.91 Å². The number of rotatable bonds is 9. The van der Waals surface area contributed by atoms with Gasteiger partial charge >= 0.3 is 12.1 Å². The molecule has 2 aromatic rings. The lowest BCUT2D eigenvalue weighted by molar-refractivity contribution is -0.145. The van der Waals surface area contributed by atoms with Crippen molar-refractivity contribution in [3.63, 3.8) is 0 Å². The van der Waals surface area contributed by atoms with Crippen molar-refractivity contribution in [3.8, 4) is 11.1 Å². The normalized spacial score (nSPS) is 18.9. The molecule has 7 heteroatoms. The summed E-state index contributed by atoms with van der Waals surface area (Å²) in [6, 6.07) is 16.3. The second-order valence-electron chi connectivity index (χ2n) is 9.53. The third-order valence-corrected chi connectivity index (χ3v) is 7.17. The zero-order valence-electron chi connectivity index (χ0n) is 20.2. The number of carboxylic acid groups (broad SMARTS) is 1. The highest BCUT2D eigenvalue weighted by atomic mass is 16.5. The van der Waals surface area contributed by atoms with Crippen LogP contribution >= 0.6 is 0 Å². The molecule has 2 atom stereocenters. The maximum Gasteiger partial charge on any atom is 0.407 e. The predicted octanol–water partition coefficient (Wildman–Crippen LogP) is 4.80. The molecule has 0 bridgehead atoms. The number of hydrogen-bond donors (Lipinski definition) is 2. The number of amides is 2. The van der Waals surface area contributed by atoms with Crippen LogP contribution in [0.25, 0.3) is 11.1 Å². The molecule has 0 spiro atoms. The molecule has 35 heavy (non-hydrogen) atoms. The molecule has 0 heterocycles. The van der Waals surface area contributed by atoms with Gasteiger partial charge in [-0.1, -0.05) is 68.3 Å². The summed E-state index contributed by atoms with van der Waals surface area (Å²) in [7, 11) is 0. The van der Waals surface area contributed by atoms with Crippen LogP contribution in [-0.2, 0) is 14.3 Å². The fourth-order valence-corrected chi connectivity index (χ4v) is 5.51. The van der Waals surface area contributed by atoms with E-state index >= 15 is 0 Å². The highest BCUT2D eigenvalue weighted by Gasteiger charge is 2.32. The average Bonchev–Trinajstić information content (AvgIpc) is 3.17. The largest absolute Gasteiger partial charge is 0.480 e. The average molecular weight is 479 g/mol. The smallest absolute Gasteiger partial charge is 0.407 e. The van der Waals surface area contributed by atoms with E-state index in [0.717, 1.165) is 36.8 Å². The van der Waals surface area contributed by atoms with Crippen LogP contribution in [0.5, 0.6) is 0 Å². The summed E-state index contributed by atoms with van der Waals surface area (Å²) in [5.41, 5.74) is 4.69. The van der Waals surface area contributed by atoms with E-state index in [1.807, 2.05) is 31.2 Å². The first kappa shape index (κ1) is 24.8. The van der Waals surface area contributed by atoms with Crippen molar-refractivity contribution in [3.05, 3.63) is 59.7 Å². The van der Waals surface area contributed by atoms with Gasteiger partial charge in [0.05, 0.1) is 0 Å². The van der Waals surface area contributed by atoms with Crippen LogP contribution in [0.3, 0.4) is 0 Å². The topological polar surface area (TPSA) is 95.9 Å². The molecule has 1 saturated carbocycles. The first-order chi connectivity index (χ1) is 17.0. The molecule has 0 aliphatic heterocycles. The number of hydrogen-bond acceptors (Lipinski definition) is 4. The molecule has 186 valence electrons. The number of carbonyl (C=O) groups excluding carboxylic acids is 2. The van der Waals surface area contributed by atoms with Gasteiger partial charge in [0.1, 0.15) is 13.2 Å². The Bertz CT molecular complexity index is 1020. The van der Waals surface area contributed by atoms with Gasteiger partial charge in [-0.05, 0) is 47.4 Å². The quantitative estimate of drug-likeness (QED) is 0.540. The first-order valence-electron chi connectivity index (χ1n) is 12.6. The summed E-state index contributed by atoms with van der Waals surface area (Å²) in [6.45, 7) is 2.30. The van der Waals surface area contributed by atoms with Crippen molar-refractivity contribution >= 4 is 18.0 Å². The number of ether oxygens (including phenoxy) is 1. The fraction of sp³-hybridized carbons (Fsp3) is 0.464. The molecule has 2 N–H and O–H groups in total. The second-order valence-corrected chi connectivity index (χ2v) is 9.53. The molecule has 2 aliphatic rings. The Labute approximate surface area is 206 Å². The summed E-state index contributed by atoms with van der Waals surface area (Å²) in [5.74, 6) is -1.20. The van der Waals surface area contributed by atoms with Crippen LogP contribution in [0, 0.1) is 5.92 Å². The molecule has 0 radical (unpaired) electrons. The standard InChI is InChI=1S/C28H34N2O5/c1-2-15-30(17-27(32)33)26(31)16-19-9-3-8-14-25(19)29-28(34)35-18-24-22-12-6-4-10-20(22)21-11-5-7-13-23(21)24/h4-7,10-13,19,24-25H,2-3,8-9,14-18H2,1H3,(H,29,34)(H,32,33)/t19-,25-/m1/s1. The van der Waals surface area contributed by atoms with Crippen molar-refractivity contribution < 1.29 is 24.2 Å². The van der Waals surface area contributed by atoms with Crippen molar-refractivity contribution in [1.29, 1.82) is 0 Å². The van der Waals surface area contributed by atoms with Crippen LogP contribution in [0.2, 0.25) is 0 Å². The van der Waals surface area contributed by atoms with Gasteiger partial charge in [-0.2, -0.15) is 0 Å². The van der Waals surface area contributed by atoms with Crippen molar-refractivity contribution in [2.45, 2.75) is 57.4 Å². The highest BCUT2D eigenvalue weighted by Crippen LogP contribution is 2.44. The molecule has 2 aromatic carbocycles. The van der Waals surface area contributed by atoms with Gasteiger partial charge in [0.25, 0.3) is 0 Å². The summed E-state index contributed by atoms with van der Waals surface area (Å²) in [5, 5.41) is 12.1. The van der Waals surface area contributed by atoms with Crippen LogP contribution in [0.4, 0.5) is 4.79 Å². The molecule has 2 aliphatic carbocycles. The van der Waals surface area contributed by atoms with Crippen LogP contribution in [0.15, 0.2) is 48.5 Å². The number of benzene rings is 2. The monoisotopic (exact) mass is 478 g/mol. The maximum absolute atomic E-state index is 12.8. The molecule has 0 aromatic heterocycles. The Kier molecular flexibility index (Phi) is 8.06. The highest BCUT2D eigenvalue weighted by molar-refractivity contribution is 5.82. The van der Waals surface area contributed by atoms with Gasteiger partial charge in [0, 0.05) is 24.9 Å². The molecule has 7 nitrogen and oxygen atoms in total. The van der Waals surface area contributed by atoms with Crippen LogP contribution < -0.4 is 5.32 Å². The Morgan fingerprint density at radius 1 is 1.00 bits per heavy atom. The zero-order valence-corrected chi connectivity index (χ0v) is 20.2. The molecular formula is C28H34N2O5. The van der Waals surface area contributed by atoms with Gasteiger partial charge in [-0.3, -0.25) is 9.59 Å². The molecule has 1 fully saturated rings. The maximum atomic E-state index is 12.8. The number of fused-ring (bicyclic) bond motifs is 3. The van der Waals surface area contributed by atoms with E-state index in [-0.39, 0.29) is 43.4 Å². The minimum Gasteiger partial charge on any atom is -0.480 e. The van der Waals surface area contributed by atoms with Gasteiger partial charge in [-0.25, -0.2) is 4.79 Å². The minimum absolute atomic E-state index is 0.00417. The number of carbonyl (C=O) groups is 3. The molecule has 0 unspecified atom stereocenters. The van der Waals surface area contributed by atoms with E-state index in [1.54, 1.807) is 0 Å². The number of nitrogens with one attached hydrogen (secondary N) is 1. The van der Waals surface area contributed by atoms with E-state index in [2.05, 4.69) is 29.6 Å². The fourth-order valence-electron chi connectivity index (χ4n) is 5.51. The third-order valence-electron chi connectivity index (χ3n) is 7.17. The molecule has 0 saturated heterocycles. The van der Waals surface area contributed by atoms with Gasteiger partial charge in [-0.15, -0.1) is 0 Å². The SMILES string of the molecule is CCCN(CC(=O)O)C(=O)C[C@H]1CCCC[C@H]1NC(=O)OCC1c2ccccc2-c2ccccc21. The predicted molar refractivity (Wildman–Crippen MR) is 133 cm³/mol. The number of aliphatic carboxylic acids is 1. The Hall–Kier alpha value is -3.35. The Morgan fingerprint density at radius 3 is 2.26 bits per heavy atom. The van der Waals surface area contributed by atoms with Gasteiger partial charge < -0.3 is 20.1 Å². The third kappa shape index (κ3) is 5.84. The van der Waals surface area contributed by atoms with E-state index in [1.165, 1.54) is 16.0 Å². The molecule has 2 amide bonds. The Balaban J connectivity index is 1.36. The van der Waals surface area contributed by atoms with Crippen molar-refractivity contribution in [2.24, 2.45) is 5.92 Å². The minimum atomic E-state index is -1.01. The van der Waals surface area contributed by atoms with Crippen LogP contribution in [0.1, 0.15) is 62.5 Å². The van der Waals surface area contributed by atoms with Crippen LogP contribution in [-0.4, -0.2) is 53.7 Å². The first-order valence-corrected chi connectivity index (χ1v) is 12.6. The zero-order chi connectivity index (χ0) is 24.8. The van der Waals surface area contributed by atoms with E-state index < -0.39 is 12.1 Å². The summed E-state index contributed by atoms with van der Waals surface area (Å²) < 4.78 is 5.71. The molecule has 4 rings (SSSR count). The van der Waals surface area contributed by atoms with E-state index in [0.29, 0.717) is 13.0 Å². The number of carboxylic acids is 1. The summed E-state index contributed by atoms with van der Waals surface area (Å²) in [4.78, 5) is 38.2. The summed E-state index contributed by atoms with van der Waals surface area (Å²) in [6.07, 6.45) is 4.06. The number of nitrogens with zero attached hydrogens (tertiary/aromatic N) is 1. The lowest BCUT2D eigenvalue weighted by atomic mass is 9.82. The lowest BCUT2D eigenvalue weighted by Gasteiger charge is -2.33. The summed E-state index contributed by atoms with van der Waals surface area (Å²) >= 11 is 0. The molecular weight excluding hydrogens is 444 g/mol. The Morgan fingerprint density at radius 2 is 1.63 bits per heavy atom. The van der Waals surface area contributed by atoms with Gasteiger partial charge in [0.15, 0.2) is 0 Å². The second kappa shape index (κ2) is 11.4. The van der Waals surface area contributed by atoms with Crippen molar-refractivity contribution in [1.82, 2.24) is 10.2 Å². The van der Waals surface area contributed by atoms with E-state index in [4.69, 9.17) is 9.84 Å². The van der Waals surface area contributed by atoms with Crippen molar-refractivity contribution in [2.75, 3.05) is 19.7 Å². The number of alkyl carbamates (subject to hydrolysis) is 1. The lowest BCUT2D eigenvalue weighted by Crippen LogP contribution is -2.45. The van der Waals surface area contributed by atoms with E-state index in [9.17, 15) is 14.4 Å².